The highest BCUT2D eigenvalue weighted by Gasteiger charge is 2.15. The van der Waals surface area contributed by atoms with Gasteiger partial charge in [-0.3, -0.25) is 4.79 Å². The molecule has 4 aromatic rings. The molecule has 0 N–H and O–H groups in total. The van der Waals surface area contributed by atoms with Crippen molar-refractivity contribution in [2.45, 2.75) is 0 Å². The van der Waals surface area contributed by atoms with Gasteiger partial charge in [-0.25, -0.2) is 14.6 Å². The molecule has 22 heavy (non-hydrogen) atoms. The van der Waals surface area contributed by atoms with Gasteiger partial charge in [-0.1, -0.05) is 23.7 Å². The zero-order valence-corrected chi connectivity index (χ0v) is 12.0. The summed E-state index contributed by atoms with van der Waals surface area (Å²) < 4.78 is 1.61. The number of benzene rings is 2. The number of fused-ring (bicyclic) bond motifs is 2. The quantitative estimate of drug-likeness (QED) is 0.532. The second-order valence-corrected chi connectivity index (χ2v) is 5.21. The van der Waals surface area contributed by atoms with Gasteiger partial charge in [0.1, 0.15) is 5.52 Å². The van der Waals surface area contributed by atoms with Gasteiger partial charge in [0.05, 0.1) is 16.7 Å². The minimum Gasteiger partial charge on any atom is -0.296 e. The molecule has 0 fully saturated rings. The van der Waals surface area contributed by atoms with E-state index in [1.165, 1.54) is 0 Å². The molecule has 0 spiro atoms. The molecular formula is C16H9ClN4O. The molecule has 2 aromatic heterocycles. The zero-order valence-electron chi connectivity index (χ0n) is 11.3. The number of hydrogen-bond acceptors (Lipinski definition) is 4. The third-order valence-corrected chi connectivity index (χ3v) is 3.64. The average Bonchev–Trinajstić information content (AvgIpc) is 2.91. The first-order chi connectivity index (χ1) is 10.8. The first-order valence-corrected chi connectivity index (χ1v) is 7.01. The highest BCUT2D eigenvalue weighted by Crippen LogP contribution is 2.22. The van der Waals surface area contributed by atoms with Crippen LogP contribution in [0.5, 0.6) is 0 Å². The van der Waals surface area contributed by atoms with Gasteiger partial charge in [0.25, 0.3) is 0 Å². The van der Waals surface area contributed by atoms with Crippen molar-refractivity contribution in [3.05, 3.63) is 59.2 Å². The fraction of sp³-hybridized carbons (Fsp3) is 0. The molecule has 0 amide bonds. The lowest BCUT2D eigenvalue weighted by Crippen LogP contribution is -1.98. The van der Waals surface area contributed by atoms with Gasteiger partial charge in [-0.2, -0.15) is 5.10 Å². The van der Waals surface area contributed by atoms with E-state index in [1.54, 1.807) is 16.8 Å². The second kappa shape index (κ2) is 4.89. The molecule has 2 aromatic carbocycles. The van der Waals surface area contributed by atoms with Crippen molar-refractivity contribution in [3.63, 3.8) is 0 Å². The number of rotatable bonds is 2. The number of halogens is 1. The molecule has 0 bridgehead atoms. The lowest BCUT2D eigenvalue weighted by Gasteiger charge is -2.03. The second-order valence-electron chi connectivity index (χ2n) is 4.78. The molecule has 6 heteroatoms. The van der Waals surface area contributed by atoms with Gasteiger partial charge >= 0.3 is 0 Å². The monoisotopic (exact) mass is 308 g/mol. The number of aromatic nitrogens is 4. The highest BCUT2D eigenvalue weighted by molar-refractivity contribution is 6.30. The van der Waals surface area contributed by atoms with Crippen LogP contribution < -0.4 is 0 Å². The minimum atomic E-state index is 0.267. The van der Waals surface area contributed by atoms with Crippen molar-refractivity contribution in [3.8, 4) is 5.69 Å². The maximum Gasteiger partial charge on any atom is 0.183 e. The lowest BCUT2D eigenvalue weighted by molar-refractivity contribution is 0.112. The number of para-hydroxylation sites is 2. The maximum absolute atomic E-state index is 11.3. The predicted octanol–water partition coefficient (Wildman–Crippen LogP) is 3.43. The van der Waals surface area contributed by atoms with Crippen LogP contribution >= 0.6 is 11.6 Å². The summed E-state index contributed by atoms with van der Waals surface area (Å²) >= 11 is 5.91. The summed E-state index contributed by atoms with van der Waals surface area (Å²) in [4.78, 5) is 20.4. The number of hydrogen-bond donors (Lipinski definition) is 0. The molecular weight excluding hydrogens is 300 g/mol. The molecule has 0 aliphatic rings. The Morgan fingerprint density at radius 1 is 0.955 bits per heavy atom. The Balaban J connectivity index is 2.08. The molecule has 0 aliphatic carbocycles. The van der Waals surface area contributed by atoms with E-state index >= 15 is 0 Å². The topological polar surface area (TPSA) is 60.7 Å². The summed E-state index contributed by atoms with van der Waals surface area (Å²) in [5, 5.41) is 4.94. The normalized spacial score (nSPS) is 11.1. The van der Waals surface area contributed by atoms with E-state index in [2.05, 4.69) is 15.1 Å². The molecule has 0 radical (unpaired) electrons. The number of carbonyl (C=O) groups excluding carboxylic acids is 1. The van der Waals surface area contributed by atoms with Crippen molar-refractivity contribution in [1.29, 1.82) is 0 Å². The predicted molar refractivity (Wildman–Crippen MR) is 84.6 cm³/mol. The summed E-state index contributed by atoms with van der Waals surface area (Å²) in [7, 11) is 0. The first-order valence-electron chi connectivity index (χ1n) is 6.63. The van der Waals surface area contributed by atoms with Crippen molar-refractivity contribution in [1.82, 2.24) is 19.7 Å². The SMILES string of the molecule is O=Cc1nn(-c2ccc(Cl)cc2)c2nc3ccccc3nc12. The van der Waals surface area contributed by atoms with E-state index in [9.17, 15) is 4.79 Å². The molecule has 2 heterocycles. The Hall–Kier alpha value is -2.79. The standard InChI is InChI=1S/C16H9ClN4O/c17-10-5-7-11(8-6-10)21-16-15(14(9-22)20-21)18-12-3-1-2-4-13(12)19-16/h1-9H. The molecule has 0 unspecified atom stereocenters. The number of carbonyl (C=O) groups is 1. The van der Waals surface area contributed by atoms with Crippen molar-refractivity contribution < 1.29 is 4.79 Å². The summed E-state index contributed by atoms with van der Waals surface area (Å²) in [5.41, 5.74) is 3.55. The van der Waals surface area contributed by atoms with E-state index in [-0.39, 0.29) is 5.69 Å². The van der Waals surface area contributed by atoms with Crippen LogP contribution in [0.4, 0.5) is 0 Å². The van der Waals surface area contributed by atoms with E-state index in [4.69, 9.17) is 11.6 Å². The highest BCUT2D eigenvalue weighted by atomic mass is 35.5. The van der Waals surface area contributed by atoms with Gasteiger partial charge < -0.3 is 0 Å². The molecule has 0 aliphatic heterocycles. The van der Waals surface area contributed by atoms with E-state index < -0.39 is 0 Å². The number of aldehydes is 1. The largest absolute Gasteiger partial charge is 0.296 e. The van der Waals surface area contributed by atoms with Crippen LogP contribution in [0.2, 0.25) is 5.02 Å². The van der Waals surface area contributed by atoms with Gasteiger partial charge in [-0.05, 0) is 36.4 Å². The minimum absolute atomic E-state index is 0.267. The van der Waals surface area contributed by atoms with Crippen molar-refractivity contribution >= 4 is 40.1 Å². The van der Waals surface area contributed by atoms with Crippen molar-refractivity contribution in [2.24, 2.45) is 0 Å². The van der Waals surface area contributed by atoms with E-state index in [1.807, 2.05) is 36.4 Å². The number of nitrogens with zero attached hydrogens (tertiary/aromatic N) is 4. The summed E-state index contributed by atoms with van der Waals surface area (Å²) in [5.74, 6) is 0. The van der Waals surface area contributed by atoms with Crippen LogP contribution in [0.15, 0.2) is 48.5 Å². The summed E-state index contributed by atoms with van der Waals surface area (Å²) in [6.07, 6.45) is 0.693. The fourth-order valence-electron chi connectivity index (χ4n) is 2.35. The Bertz CT molecular complexity index is 1010. The van der Waals surface area contributed by atoms with Crippen LogP contribution in [-0.4, -0.2) is 26.0 Å². The Kier molecular flexibility index (Phi) is 2.87. The third-order valence-electron chi connectivity index (χ3n) is 3.39. The van der Waals surface area contributed by atoms with E-state index in [0.717, 1.165) is 16.7 Å². The van der Waals surface area contributed by atoms with Crippen LogP contribution in [0, 0.1) is 0 Å². The fourth-order valence-corrected chi connectivity index (χ4v) is 2.48. The lowest BCUT2D eigenvalue weighted by atomic mass is 10.3. The molecule has 5 nitrogen and oxygen atoms in total. The molecule has 0 saturated heterocycles. The zero-order chi connectivity index (χ0) is 15.1. The first kappa shape index (κ1) is 12.9. The van der Waals surface area contributed by atoms with Gasteiger partial charge in [0.15, 0.2) is 17.6 Å². The Morgan fingerprint density at radius 3 is 2.32 bits per heavy atom. The van der Waals surface area contributed by atoms with Crippen LogP contribution in [0.1, 0.15) is 10.5 Å². The van der Waals surface area contributed by atoms with Gasteiger partial charge in [-0.15, -0.1) is 0 Å². The molecule has 0 saturated carbocycles. The molecule has 0 atom stereocenters. The maximum atomic E-state index is 11.3. The smallest absolute Gasteiger partial charge is 0.183 e. The van der Waals surface area contributed by atoms with Crippen LogP contribution in [0.25, 0.3) is 27.9 Å². The average molecular weight is 309 g/mol. The van der Waals surface area contributed by atoms with E-state index in [0.29, 0.717) is 22.5 Å². The summed E-state index contributed by atoms with van der Waals surface area (Å²) in [6, 6.07) is 14.7. The Labute approximate surface area is 130 Å². The Morgan fingerprint density at radius 2 is 1.64 bits per heavy atom. The van der Waals surface area contributed by atoms with Crippen LogP contribution in [-0.2, 0) is 0 Å². The van der Waals surface area contributed by atoms with Crippen molar-refractivity contribution in [2.75, 3.05) is 0 Å². The molecule has 4 rings (SSSR count). The van der Waals surface area contributed by atoms with Crippen LogP contribution in [0.3, 0.4) is 0 Å². The summed E-state index contributed by atoms with van der Waals surface area (Å²) in [6.45, 7) is 0. The molecule has 106 valence electrons. The third kappa shape index (κ3) is 1.95. The van der Waals surface area contributed by atoms with Gasteiger partial charge in [0, 0.05) is 5.02 Å². The van der Waals surface area contributed by atoms with Gasteiger partial charge in [0.2, 0.25) is 0 Å².